The summed E-state index contributed by atoms with van der Waals surface area (Å²) in [5.41, 5.74) is 3.03. The van der Waals surface area contributed by atoms with Crippen LogP contribution in [0.15, 0.2) is 41.3 Å². The van der Waals surface area contributed by atoms with Gasteiger partial charge >= 0.3 is 0 Å². The number of benzene rings is 2. The predicted octanol–water partition coefficient (Wildman–Crippen LogP) is 5.29. The third kappa shape index (κ3) is 5.50. The van der Waals surface area contributed by atoms with E-state index in [2.05, 4.69) is 17.4 Å². The lowest BCUT2D eigenvalue weighted by molar-refractivity contribution is -0.115. The summed E-state index contributed by atoms with van der Waals surface area (Å²) in [7, 11) is 0. The molecule has 0 radical (unpaired) electrons. The number of hydrogen-bond acceptors (Lipinski definition) is 5. The number of carbonyl (C=O) groups is 1. The van der Waals surface area contributed by atoms with Crippen molar-refractivity contribution >= 4 is 51.9 Å². The van der Waals surface area contributed by atoms with Gasteiger partial charge in [-0.05, 0) is 55.3 Å². The molecule has 0 spiro atoms. The van der Waals surface area contributed by atoms with E-state index in [0.29, 0.717) is 33.2 Å². The zero-order valence-corrected chi connectivity index (χ0v) is 18.0. The average molecular weight is 434 g/mol. The molecule has 0 bridgehead atoms. The first-order chi connectivity index (χ1) is 13.4. The average Bonchev–Trinajstić information content (AvgIpc) is 2.96. The quantitative estimate of drug-likeness (QED) is 0.365. The van der Waals surface area contributed by atoms with Crippen LogP contribution in [0.5, 0.6) is 11.5 Å². The van der Waals surface area contributed by atoms with E-state index in [9.17, 15) is 4.79 Å². The first-order valence-corrected chi connectivity index (χ1v) is 10.4. The molecule has 4 nitrogen and oxygen atoms in total. The number of ether oxygens (including phenoxy) is 2. The number of halogens is 1. The summed E-state index contributed by atoms with van der Waals surface area (Å²) in [6.07, 6.45) is 2.47. The summed E-state index contributed by atoms with van der Waals surface area (Å²) in [5.74, 6) is 1.36. The number of nitrogens with one attached hydrogen (secondary N) is 1. The normalized spacial score (nSPS) is 15.0. The van der Waals surface area contributed by atoms with E-state index < -0.39 is 0 Å². The van der Waals surface area contributed by atoms with Gasteiger partial charge in [0.25, 0.3) is 5.91 Å². The van der Waals surface area contributed by atoms with Gasteiger partial charge in [0.05, 0.1) is 18.1 Å². The molecular formula is C21H20ClNO3S2. The molecule has 1 heterocycles. The third-order valence-corrected chi connectivity index (χ3v) is 5.45. The molecule has 0 unspecified atom stereocenters. The molecule has 1 aliphatic rings. The van der Waals surface area contributed by atoms with Crippen molar-refractivity contribution in [2.24, 2.45) is 0 Å². The highest BCUT2D eigenvalue weighted by Gasteiger charge is 2.22. The van der Waals surface area contributed by atoms with E-state index in [1.807, 2.05) is 19.9 Å². The van der Waals surface area contributed by atoms with Crippen molar-refractivity contribution < 1.29 is 14.3 Å². The van der Waals surface area contributed by atoms with Gasteiger partial charge in [-0.3, -0.25) is 4.79 Å². The molecule has 1 aliphatic heterocycles. The number of hydrogen-bond donors (Lipinski definition) is 1. The molecule has 3 rings (SSSR count). The molecule has 0 aliphatic carbocycles. The molecule has 0 atom stereocenters. The molecule has 1 saturated heterocycles. The summed E-state index contributed by atoms with van der Waals surface area (Å²) in [4.78, 5) is 12.4. The number of carbonyl (C=O) groups excluding carboxylic acids is 1. The maximum Gasteiger partial charge on any atom is 0.263 e. The summed E-state index contributed by atoms with van der Waals surface area (Å²) in [6.45, 7) is 5.12. The Morgan fingerprint density at radius 3 is 2.57 bits per heavy atom. The van der Waals surface area contributed by atoms with Gasteiger partial charge in [0.15, 0.2) is 0 Å². The first kappa shape index (κ1) is 20.7. The fourth-order valence-corrected chi connectivity index (χ4v) is 3.83. The fourth-order valence-electron chi connectivity index (χ4n) is 2.61. The van der Waals surface area contributed by atoms with E-state index >= 15 is 0 Å². The van der Waals surface area contributed by atoms with Gasteiger partial charge in [-0.15, -0.1) is 0 Å². The van der Waals surface area contributed by atoms with Crippen LogP contribution in [-0.4, -0.2) is 23.4 Å². The van der Waals surface area contributed by atoms with Crippen molar-refractivity contribution in [3.63, 3.8) is 0 Å². The number of aryl methyl sites for hydroxylation is 2. The highest BCUT2D eigenvalue weighted by molar-refractivity contribution is 8.26. The lowest BCUT2D eigenvalue weighted by Crippen LogP contribution is -2.17. The van der Waals surface area contributed by atoms with E-state index in [1.54, 1.807) is 24.3 Å². The Balaban J connectivity index is 1.59. The lowest BCUT2D eigenvalue weighted by atomic mass is 10.1. The number of thiocarbonyl (C=S) groups is 1. The number of rotatable bonds is 7. The molecule has 1 fully saturated rings. The maximum atomic E-state index is 11.9. The van der Waals surface area contributed by atoms with E-state index in [1.165, 1.54) is 17.3 Å². The van der Waals surface area contributed by atoms with Crippen molar-refractivity contribution in [3.05, 3.63) is 63.0 Å². The van der Waals surface area contributed by atoms with E-state index in [4.69, 9.17) is 33.3 Å². The van der Waals surface area contributed by atoms with Gasteiger partial charge in [-0.2, -0.15) is 0 Å². The topological polar surface area (TPSA) is 47.6 Å². The summed E-state index contributed by atoms with van der Waals surface area (Å²) >= 11 is 12.4. The van der Waals surface area contributed by atoms with Crippen LogP contribution in [-0.2, 0) is 4.79 Å². The minimum absolute atomic E-state index is 0.206. The van der Waals surface area contributed by atoms with Crippen LogP contribution >= 0.6 is 35.6 Å². The Kier molecular flexibility index (Phi) is 6.99. The highest BCUT2D eigenvalue weighted by atomic mass is 35.5. The van der Waals surface area contributed by atoms with Gasteiger partial charge in [-0.1, -0.05) is 47.7 Å². The summed E-state index contributed by atoms with van der Waals surface area (Å²) in [6, 6.07) is 11.5. The van der Waals surface area contributed by atoms with E-state index in [-0.39, 0.29) is 5.91 Å². The molecular weight excluding hydrogens is 414 g/mol. The molecule has 0 aromatic heterocycles. The minimum Gasteiger partial charge on any atom is -0.493 e. The second-order valence-electron chi connectivity index (χ2n) is 6.35. The maximum absolute atomic E-state index is 11.9. The van der Waals surface area contributed by atoms with Crippen LogP contribution in [0.25, 0.3) is 6.08 Å². The summed E-state index contributed by atoms with van der Waals surface area (Å²) in [5, 5.41) is 3.17. The molecule has 1 amide bonds. The minimum atomic E-state index is -0.206. The number of thioether (sulfide) groups is 1. The van der Waals surface area contributed by atoms with Crippen molar-refractivity contribution in [2.75, 3.05) is 13.2 Å². The highest BCUT2D eigenvalue weighted by Crippen LogP contribution is 2.31. The Hall–Kier alpha value is -2.02. The summed E-state index contributed by atoms with van der Waals surface area (Å²) < 4.78 is 12.2. The second-order valence-corrected chi connectivity index (χ2v) is 8.51. The van der Waals surface area contributed by atoms with Crippen LogP contribution in [0.4, 0.5) is 0 Å². The van der Waals surface area contributed by atoms with Crippen molar-refractivity contribution in [1.29, 1.82) is 0 Å². The standard InChI is InChI=1S/C21H20ClNO3S2/c1-13-4-5-14(2)18(10-13)26-9-3-8-25-17-7-6-16(22)11-15(17)12-19-20(24)23-21(27)28-19/h4-7,10-12H,3,8-9H2,1-2H3,(H,23,24,27)/b19-12+. The Morgan fingerprint density at radius 2 is 1.86 bits per heavy atom. The monoisotopic (exact) mass is 433 g/mol. The Bertz CT molecular complexity index is 943. The van der Waals surface area contributed by atoms with Crippen LogP contribution in [0.1, 0.15) is 23.1 Å². The molecule has 7 heteroatoms. The van der Waals surface area contributed by atoms with Crippen LogP contribution in [0, 0.1) is 13.8 Å². The van der Waals surface area contributed by atoms with Crippen LogP contribution in [0.3, 0.4) is 0 Å². The molecule has 2 aromatic rings. The van der Waals surface area contributed by atoms with E-state index in [0.717, 1.165) is 23.3 Å². The van der Waals surface area contributed by atoms with Gasteiger partial charge < -0.3 is 14.8 Å². The smallest absolute Gasteiger partial charge is 0.263 e. The Labute approximate surface area is 179 Å². The fraction of sp³-hybridized carbons (Fsp3) is 0.238. The zero-order valence-electron chi connectivity index (χ0n) is 15.6. The van der Waals surface area contributed by atoms with Gasteiger partial charge in [0.1, 0.15) is 15.8 Å². The zero-order chi connectivity index (χ0) is 20.1. The SMILES string of the molecule is Cc1ccc(C)c(OCCCOc2ccc(Cl)cc2/C=C2/SC(=S)NC2=O)c1. The largest absolute Gasteiger partial charge is 0.493 e. The number of amides is 1. The van der Waals surface area contributed by atoms with Crippen LogP contribution in [0.2, 0.25) is 5.02 Å². The van der Waals surface area contributed by atoms with Crippen molar-refractivity contribution in [1.82, 2.24) is 5.32 Å². The second kappa shape index (κ2) is 9.45. The third-order valence-electron chi connectivity index (χ3n) is 4.05. The van der Waals surface area contributed by atoms with Gasteiger partial charge in [0.2, 0.25) is 0 Å². The molecule has 0 saturated carbocycles. The molecule has 146 valence electrons. The lowest BCUT2D eigenvalue weighted by Gasteiger charge is -2.12. The van der Waals surface area contributed by atoms with Crippen molar-refractivity contribution in [3.8, 4) is 11.5 Å². The van der Waals surface area contributed by atoms with Crippen molar-refractivity contribution in [2.45, 2.75) is 20.3 Å². The predicted molar refractivity (Wildman–Crippen MR) is 119 cm³/mol. The van der Waals surface area contributed by atoms with Crippen LogP contribution < -0.4 is 14.8 Å². The Morgan fingerprint density at radius 1 is 1.11 bits per heavy atom. The molecule has 2 aromatic carbocycles. The van der Waals surface area contributed by atoms with Gasteiger partial charge in [0, 0.05) is 17.0 Å². The molecule has 1 N–H and O–H groups in total. The van der Waals surface area contributed by atoms with Gasteiger partial charge in [-0.25, -0.2) is 0 Å². The molecule has 28 heavy (non-hydrogen) atoms. The first-order valence-electron chi connectivity index (χ1n) is 8.79.